The summed E-state index contributed by atoms with van der Waals surface area (Å²) in [6, 6.07) is 20.9. The fourth-order valence-corrected chi connectivity index (χ4v) is 2.89. The van der Waals surface area contributed by atoms with Gasteiger partial charge in [0.2, 0.25) is 0 Å². The van der Waals surface area contributed by atoms with E-state index in [9.17, 15) is 19.7 Å². The minimum Gasteiger partial charge on any atom is -0.451 e. The Hall–Kier alpha value is -4.46. The van der Waals surface area contributed by atoms with Gasteiger partial charge in [-0.1, -0.05) is 24.3 Å². The van der Waals surface area contributed by atoms with Crippen LogP contribution in [0.2, 0.25) is 0 Å². The molecule has 3 aromatic carbocycles. The number of amides is 2. The Morgan fingerprint density at radius 2 is 1.47 bits per heavy atom. The quantitative estimate of drug-likeness (QED) is 0.367. The van der Waals surface area contributed by atoms with Crippen molar-refractivity contribution in [1.82, 2.24) is 0 Å². The standard InChI is InChI=1S/C22H15N3O5/c26-21(15-5-3-6-18(12-15)25(28)29)23-16-8-10-17(11-9-16)24-22(27)20-13-14-4-1-2-7-19(14)30-20/h1-13H,(H,23,26)(H,24,27). The molecular formula is C22H15N3O5. The molecule has 8 nitrogen and oxygen atoms in total. The molecule has 2 N–H and O–H groups in total. The second-order valence-electron chi connectivity index (χ2n) is 6.44. The van der Waals surface area contributed by atoms with Crippen LogP contribution >= 0.6 is 0 Å². The molecule has 2 amide bonds. The van der Waals surface area contributed by atoms with E-state index in [1.165, 1.54) is 24.3 Å². The highest BCUT2D eigenvalue weighted by atomic mass is 16.6. The number of nitro groups is 1. The number of carbonyl (C=O) groups excluding carboxylic acids is 2. The van der Waals surface area contributed by atoms with E-state index in [0.717, 1.165) is 5.39 Å². The molecule has 1 heterocycles. The van der Waals surface area contributed by atoms with Gasteiger partial charge in [0.05, 0.1) is 4.92 Å². The third-order valence-electron chi connectivity index (χ3n) is 4.37. The van der Waals surface area contributed by atoms with Gasteiger partial charge in [-0.05, 0) is 42.5 Å². The summed E-state index contributed by atoms with van der Waals surface area (Å²) in [5, 5.41) is 17.1. The number of hydrogen-bond donors (Lipinski definition) is 2. The third-order valence-corrected chi connectivity index (χ3v) is 4.37. The molecule has 0 saturated heterocycles. The van der Waals surface area contributed by atoms with Crippen LogP contribution in [-0.2, 0) is 0 Å². The van der Waals surface area contributed by atoms with Gasteiger partial charge in [-0.3, -0.25) is 19.7 Å². The zero-order valence-corrected chi connectivity index (χ0v) is 15.5. The van der Waals surface area contributed by atoms with E-state index in [1.54, 1.807) is 36.4 Å². The number of anilines is 2. The molecule has 4 rings (SSSR count). The second-order valence-corrected chi connectivity index (χ2v) is 6.44. The molecule has 0 spiro atoms. The highest BCUT2D eigenvalue weighted by Crippen LogP contribution is 2.21. The Morgan fingerprint density at radius 3 is 2.13 bits per heavy atom. The van der Waals surface area contributed by atoms with Crippen molar-refractivity contribution in [2.75, 3.05) is 10.6 Å². The normalized spacial score (nSPS) is 10.5. The second kappa shape index (κ2) is 7.88. The predicted molar refractivity (Wildman–Crippen MR) is 112 cm³/mol. The summed E-state index contributed by atoms with van der Waals surface area (Å²) in [5.41, 5.74) is 1.64. The Balaban J connectivity index is 1.42. The van der Waals surface area contributed by atoms with E-state index in [1.807, 2.05) is 18.2 Å². The largest absolute Gasteiger partial charge is 0.451 e. The monoisotopic (exact) mass is 401 g/mol. The fraction of sp³-hybridized carbons (Fsp3) is 0. The molecule has 0 saturated carbocycles. The molecule has 8 heteroatoms. The number of para-hydroxylation sites is 1. The number of fused-ring (bicyclic) bond motifs is 1. The molecule has 0 fully saturated rings. The highest BCUT2D eigenvalue weighted by molar-refractivity contribution is 6.06. The molecule has 0 aliphatic heterocycles. The lowest BCUT2D eigenvalue weighted by Crippen LogP contribution is -2.13. The molecule has 0 unspecified atom stereocenters. The van der Waals surface area contributed by atoms with Gasteiger partial charge in [0.25, 0.3) is 17.5 Å². The first-order chi connectivity index (χ1) is 14.5. The van der Waals surface area contributed by atoms with Crippen LogP contribution in [-0.4, -0.2) is 16.7 Å². The third kappa shape index (κ3) is 4.02. The van der Waals surface area contributed by atoms with Gasteiger partial charge in [0, 0.05) is 34.5 Å². The van der Waals surface area contributed by atoms with Crippen LogP contribution in [0.25, 0.3) is 11.0 Å². The van der Waals surface area contributed by atoms with Gasteiger partial charge < -0.3 is 15.1 Å². The maximum atomic E-state index is 12.4. The number of hydrogen-bond acceptors (Lipinski definition) is 5. The van der Waals surface area contributed by atoms with Crippen LogP contribution in [0, 0.1) is 10.1 Å². The minimum absolute atomic E-state index is 0.161. The summed E-state index contributed by atoms with van der Waals surface area (Å²) < 4.78 is 5.54. The average molecular weight is 401 g/mol. The lowest BCUT2D eigenvalue weighted by atomic mass is 10.2. The van der Waals surface area contributed by atoms with Crippen molar-refractivity contribution in [1.29, 1.82) is 0 Å². The Bertz CT molecular complexity index is 1230. The van der Waals surface area contributed by atoms with Crippen molar-refractivity contribution in [3.8, 4) is 0 Å². The van der Waals surface area contributed by atoms with E-state index in [4.69, 9.17) is 4.42 Å². The van der Waals surface area contributed by atoms with Crippen molar-refractivity contribution >= 4 is 39.8 Å². The van der Waals surface area contributed by atoms with Gasteiger partial charge >= 0.3 is 0 Å². The SMILES string of the molecule is O=C(Nc1ccc(NC(=O)c2cc3ccccc3o2)cc1)c1cccc([N+](=O)[O-])c1. The topological polar surface area (TPSA) is 114 Å². The predicted octanol–water partition coefficient (Wildman–Crippen LogP) is 4.85. The van der Waals surface area contributed by atoms with E-state index in [0.29, 0.717) is 17.0 Å². The number of non-ortho nitro benzene ring substituents is 1. The smallest absolute Gasteiger partial charge is 0.291 e. The van der Waals surface area contributed by atoms with Crippen molar-refractivity contribution in [2.45, 2.75) is 0 Å². The summed E-state index contributed by atoms with van der Waals surface area (Å²) in [5.74, 6) is -0.670. The van der Waals surface area contributed by atoms with E-state index in [2.05, 4.69) is 10.6 Å². The Labute approximate surface area is 170 Å². The number of nitrogens with zero attached hydrogens (tertiary/aromatic N) is 1. The summed E-state index contributed by atoms with van der Waals surface area (Å²) >= 11 is 0. The summed E-state index contributed by atoms with van der Waals surface area (Å²) in [7, 11) is 0. The number of rotatable bonds is 5. The minimum atomic E-state index is -0.559. The summed E-state index contributed by atoms with van der Waals surface area (Å²) in [4.78, 5) is 35.0. The molecular weight excluding hydrogens is 386 g/mol. The summed E-state index contributed by atoms with van der Waals surface area (Å²) in [6.07, 6.45) is 0. The van der Waals surface area contributed by atoms with Crippen LogP contribution in [0.3, 0.4) is 0 Å². The average Bonchev–Trinajstić information content (AvgIpc) is 3.20. The maximum Gasteiger partial charge on any atom is 0.291 e. The number of carbonyl (C=O) groups is 2. The van der Waals surface area contributed by atoms with E-state index < -0.39 is 10.8 Å². The molecule has 0 atom stereocenters. The molecule has 0 bridgehead atoms. The number of nitrogens with one attached hydrogen (secondary N) is 2. The van der Waals surface area contributed by atoms with Gasteiger partial charge in [-0.2, -0.15) is 0 Å². The van der Waals surface area contributed by atoms with Crippen molar-refractivity contribution < 1.29 is 18.9 Å². The fourth-order valence-electron chi connectivity index (χ4n) is 2.89. The van der Waals surface area contributed by atoms with Crippen LogP contribution in [0.5, 0.6) is 0 Å². The van der Waals surface area contributed by atoms with Gasteiger partial charge in [-0.15, -0.1) is 0 Å². The number of benzene rings is 3. The molecule has 4 aromatic rings. The lowest BCUT2D eigenvalue weighted by Gasteiger charge is -2.07. The van der Waals surface area contributed by atoms with Crippen molar-refractivity contribution in [3.05, 3.63) is 100 Å². The molecule has 30 heavy (non-hydrogen) atoms. The first kappa shape index (κ1) is 18.9. The highest BCUT2D eigenvalue weighted by Gasteiger charge is 2.14. The van der Waals surface area contributed by atoms with Gasteiger partial charge in [-0.25, -0.2) is 0 Å². The van der Waals surface area contributed by atoms with Crippen molar-refractivity contribution in [3.63, 3.8) is 0 Å². The maximum absolute atomic E-state index is 12.4. The molecule has 0 radical (unpaired) electrons. The lowest BCUT2D eigenvalue weighted by molar-refractivity contribution is -0.384. The number of nitro benzene ring substituents is 1. The first-order valence-electron chi connectivity index (χ1n) is 8.95. The molecule has 0 aliphatic carbocycles. The number of furan rings is 1. The van der Waals surface area contributed by atoms with Crippen molar-refractivity contribution in [2.24, 2.45) is 0 Å². The van der Waals surface area contributed by atoms with Gasteiger partial charge in [0.1, 0.15) is 5.58 Å². The first-order valence-corrected chi connectivity index (χ1v) is 8.95. The summed E-state index contributed by atoms with van der Waals surface area (Å²) in [6.45, 7) is 0. The zero-order valence-electron chi connectivity index (χ0n) is 15.5. The van der Waals surface area contributed by atoms with Gasteiger partial charge in [0.15, 0.2) is 5.76 Å². The van der Waals surface area contributed by atoms with E-state index in [-0.39, 0.29) is 22.9 Å². The van der Waals surface area contributed by atoms with E-state index >= 15 is 0 Å². The zero-order chi connectivity index (χ0) is 21.1. The molecule has 148 valence electrons. The van der Waals surface area contributed by atoms with Crippen LogP contribution in [0.15, 0.2) is 83.3 Å². The molecule has 1 aromatic heterocycles. The van der Waals surface area contributed by atoms with Crippen LogP contribution < -0.4 is 10.6 Å². The Kier molecular flexibility index (Phi) is 4.96. The Morgan fingerprint density at radius 1 is 0.800 bits per heavy atom. The van der Waals surface area contributed by atoms with Crippen LogP contribution in [0.4, 0.5) is 17.1 Å². The molecule has 0 aliphatic rings. The van der Waals surface area contributed by atoms with Crippen LogP contribution in [0.1, 0.15) is 20.9 Å².